The molecule has 0 saturated carbocycles. The highest BCUT2D eigenvalue weighted by Gasteiger charge is 2.22. The zero-order valence-corrected chi connectivity index (χ0v) is 16.3. The van der Waals surface area contributed by atoms with Gasteiger partial charge < -0.3 is 20.4 Å². The van der Waals surface area contributed by atoms with Crippen LogP contribution in [-0.2, 0) is 6.54 Å². The molecule has 27 heavy (non-hydrogen) atoms. The molecule has 0 amide bonds. The van der Waals surface area contributed by atoms with Crippen molar-refractivity contribution in [2.75, 3.05) is 6.54 Å². The predicted molar refractivity (Wildman–Crippen MR) is 112 cm³/mol. The van der Waals surface area contributed by atoms with E-state index in [1.165, 1.54) is 24.5 Å². The molecule has 1 saturated heterocycles. The third-order valence-electron chi connectivity index (χ3n) is 5.09. The second kappa shape index (κ2) is 11.0. The Morgan fingerprint density at radius 3 is 2.67 bits per heavy atom. The van der Waals surface area contributed by atoms with Gasteiger partial charge in [-0.15, -0.1) is 6.58 Å². The molecule has 0 spiro atoms. The summed E-state index contributed by atoms with van der Waals surface area (Å²) in [7, 11) is 0. The molecule has 148 valence electrons. The lowest BCUT2D eigenvalue weighted by atomic mass is 9.99. The molecular formula is C23H34N2O2. The van der Waals surface area contributed by atoms with Crippen LogP contribution in [0.15, 0.2) is 67.5 Å². The Morgan fingerprint density at radius 1 is 1.22 bits per heavy atom. The van der Waals surface area contributed by atoms with Gasteiger partial charge in [0, 0.05) is 37.3 Å². The van der Waals surface area contributed by atoms with Gasteiger partial charge in [-0.25, -0.2) is 0 Å². The Labute approximate surface area is 163 Å². The first-order valence-electron chi connectivity index (χ1n) is 9.90. The Hall–Kier alpha value is -2.04. The average Bonchev–Trinajstić information content (AvgIpc) is 2.64. The molecule has 1 aliphatic rings. The molecule has 4 nitrogen and oxygen atoms in total. The summed E-state index contributed by atoms with van der Waals surface area (Å²) in [6, 6.07) is 10.6. The summed E-state index contributed by atoms with van der Waals surface area (Å²) in [6.45, 7) is 13.9. The van der Waals surface area contributed by atoms with Crippen LogP contribution in [0.4, 0.5) is 0 Å². The van der Waals surface area contributed by atoms with Crippen molar-refractivity contribution in [3.8, 4) is 0 Å². The van der Waals surface area contributed by atoms with Crippen molar-refractivity contribution in [1.82, 2.24) is 10.2 Å². The van der Waals surface area contributed by atoms with Crippen molar-refractivity contribution >= 4 is 0 Å². The maximum absolute atomic E-state index is 10.1. The number of benzene rings is 1. The second-order valence-electron chi connectivity index (χ2n) is 7.45. The third-order valence-corrected chi connectivity index (χ3v) is 5.09. The highest BCUT2D eigenvalue weighted by atomic mass is 16.3. The van der Waals surface area contributed by atoms with Crippen LogP contribution in [0.5, 0.6) is 0 Å². The number of hydrogen-bond donors (Lipinski definition) is 3. The highest BCUT2D eigenvalue weighted by Crippen LogP contribution is 2.22. The summed E-state index contributed by atoms with van der Waals surface area (Å²) in [5, 5.41) is 23.2. The van der Waals surface area contributed by atoms with Crippen LogP contribution in [0.2, 0.25) is 0 Å². The zero-order valence-electron chi connectivity index (χ0n) is 16.3. The average molecular weight is 371 g/mol. The summed E-state index contributed by atoms with van der Waals surface area (Å²) in [5.41, 5.74) is 3.15. The van der Waals surface area contributed by atoms with Crippen LogP contribution in [0.3, 0.4) is 0 Å². The van der Waals surface area contributed by atoms with Crippen molar-refractivity contribution < 1.29 is 10.2 Å². The number of rotatable bonds is 9. The Bertz CT molecular complexity index is 614. The summed E-state index contributed by atoms with van der Waals surface area (Å²) in [5.74, 6) is 0. The van der Waals surface area contributed by atoms with E-state index in [0.29, 0.717) is 6.42 Å². The third kappa shape index (κ3) is 7.24. The van der Waals surface area contributed by atoms with Crippen LogP contribution >= 0.6 is 0 Å². The van der Waals surface area contributed by atoms with Gasteiger partial charge in [-0.3, -0.25) is 0 Å². The van der Waals surface area contributed by atoms with E-state index in [0.717, 1.165) is 37.3 Å². The zero-order chi connectivity index (χ0) is 19.6. The van der Waals surface area contributed by atoms with E-state index in [4.69, 9.17) is 0 Å². The van der Waals surface area contributed by atoms with Crippen molar-refractivity contribution in [1.29, 1.82) is 0 Å². The topological polar surface area (TPSA) is 55.7 Å². The largest absolute Gasteiger partial charge is 0.393 e. The molecule has 3 N–H and O–H groups in total. The van der Waals surface area contributed by atoms with Crippen molar-refractivity contribution in [3.05, 3.63) is 73.1 Å². The van der Waals surface area contributed by atoms with E-state index in [1.807, 2.05) is 6.07 Å². The highest BCUT2D eigenvalue weighted by molar-refractivity contribution is 5.18. The molecule has 1 aromatic carbocycles. The summed E-state index contributed by atoms with van der Waals surface area (Å²) < 4.78 is 0. The number of likely N-dealkylation sites (tertiary alicyclic amines) is 1. The van der Waals surface area contributed by atoms with Gasteiger partial charge in [0.25, 0.3) is 0 Å². The minimum Gasteiger partial charge on any atom is -0.393 e. The summed E-state index contributed by atoms with van der Waals surface area (Å²) >= 11 is 0. The molecule has 0 bridgehead atoms. The normalized spacial score (nSPS) is 20.3. The lowest BCUT2D eigenvalue weighted by Crippen LogP contribution is -2.40. The SMILES string of the molecule is C=CC(O)CC(O)CC(=C)NC1CCCCCN(Cc2ccccc2)C1=C. The Kier molecular flexibility index (Phi) is 8.62. The number of aliphatic hydroxyl groups excluding tert-OH is 2. The van der Waals surface area contributed by atoms with Gasteiger partial charge in [-0.1, -0.05) is 62.4 Å². The molecule has 0 radical (unpaired) electrons. The van der Waals surface area contributed by atoms with Gasteiger partial charge >= 0.3 is 0 Å². The summed E-state index contributed by atoms with van der Waals surface area (Å²) in [6.07, 6.45) is 5.34. The van der Waals surface area contributed by atoms with Crippen LogP contribution in [0, 0.1) is 0 Å². The number of hydrogen-bond acceptors (Lipinski definition) is 4. The first-order valence-corrected chi connectivity index (χ1v) is 9.90. The fourth-order valence-corrected chi connectivity index (χ4v) is 3.55. The molecule has 3 unspecified atom stereocenters. The summed E-state index contributed by atoms with van der Waals surface area (Å²) in [4.78, 5) is 2.36. The maximum atomic E-state index is 10.1. The van der Waals surface area contributed by atoms with Gasteiger partial charge in [-0.2, -0.15) is 0 Å². The van der Waals surface area contributed by atoms with Crippen molar-refractivity contribution in [2.45, 2.75) is 63.3 Å². The van der Waals surface area contributed by atoms with Crippen molar-refractivity contribution in [2.24, 2.45) is 0 Å². The van der Waals surface area contributed by atoms with E-state index in [2.05, 4.69) is 54.2 Å². The molecule has 1 fully saturated rings. The van der Waals surface area contributed by atoms with Crippen LogP contribution < -0.4 is 5.32 Å². The van der Waals surface area contributed by atoms with E-state index in [9.17, 15) is 10.2 Å². The molecule has 0 aromatic heterocycles. The Morgan fingerprint density at radius 2 is 1.96 bits per heavy atom. The number of nitrogens with zero attached hydrogens (tertiary/aromatic N) is 1. The smallest absolute Gasteiger partial charge is 0.0743 e. The molecule has 3 atom stereocenters. The standard InChI is InChI=1S/C23H34N2O2/c1-4-21(26)16-22(27)15-18(2)24-23-13-9-6-10-14-25(19(23)3)17-20-11-7-5-8-12-20/h4-5,7-8,11-12,21-24,26-27H,1-3,6,9-10,13-17H2. The van der Waals surface area contributed by atoms with Crippen LogP contribution in [0.1, 0.15) is 44.1 Å². The number of nitrogens with one attached hydrogen (secondary N) is 1. The van der Waals surface area contributed by atoms with Gasteiger partial charge in [-0.05, 0) is 18.4 Å². The van der Waals surface area contributed by atoms with E-state index < -0.39 is 12.2 Å². The lowest BCUT2D eigenvalue weighted by Gasteiger charge is -2.35. The monoisotopic (exact) mass is 370 g/mol. The number of aliphatic hydroxyl groups is 2. The van der Waals surface area contributed by atoms with Crippen LogP contribution in [0.25, 0.3) is 0 Å². The first kappa shape index (κ1) is 21.3. The van der Waals surface area contributed by atoms with Gasteiger partial charge in [0.05, 0.1) is 18.2 Å². The maximum Gasteiger partial charge on any atom is 0.0743 e. The van der Waals surface area contributed by atoms with Crippen LogP contribution in [-0.4, -0.2) is 39.9 Å². The van der Waals surface area contributed by atoms with Crippen molar-refractivity contribution in [3.63, 3.8) is 0 Å². The fraction of sp³-hybridized carbons (Fsp3) is 0.478. The molecule has 1 aliphatic heterocycles. The Balaban J connectivity index is 1.95. The molecule has 4 heteroatoms. The first-order chi connectivity index (χ1) is 13.0. The minimum absolute atomic E-state index is 0.123. The van der Waals surface area contributed by atoms with Gasteiger partial charge in [0.2, 0.25) is 0 Å². The lowest BCUT2D eigenvalue weighted by molar-refractivity contribution is 0.103. The van der Waals surface area contributed by atoms with Gasteiger partial charge in [0.15, 0.2) is 0 Å². The minimum atomic E-state index is -0.689. The molecule has 1 heterocycles. The molecule has 2 rings (SSSR count). The van der Waals surface area contributed by atoms with E-state index >= 15 is 0 Å². The molecule has 1 aromatic rings. The predicted octanol–water partition coefficient (Wildman–Crippen LogP) is 3.74. The molecular weight excluding hydrogens is 336 g/mol. The van der Waals surface area contributed by atoms with Gasteiger partial charge in [0.1, 0.15) is 0 Å². The molecule has 0 aliphatic carbocycles. The second-order valence-corrected chi connectivity index (χ2v) is 7.45. The fourth-order valence-electron chi connectivity index (χ4n) is 3.55. The van der Waals surface area contributed by atoms with E-state index in [-0.39, 0.29) is 12.5 Å². The quantitative estimate of drug-likeness (QED) is 0.580. The van der Waals surface area contributed by atoms with E-state index in [1.54, 1.807) is 0 Å².